The highest BCUT2D eigenvalue weighted by Crippen LogP contribution is 2.28. The lowest BCUT2D eigenvalue weighted by atomic mass is 10.2. The summed E-state index contributed by atoms with van der Waals surface area (Å²) in [5.74, 6) is -0.141. The van der Waals surface area contributed by atoms with E-state index in [1.165, 1.54) is 6.07 Å². The number of halogens is 3. The Hall–Kier alpha value is -1.29. The van der Waals surface area contributed by atoms with Crippen LogP contribution in [0.4, 0.5) is 4.39 Å². The van der Waals surface area contributed by atoms with Crippen LogP contribution in [-0.4, -0.2) is 6.54 Å². The van der Waals surface area contributed by atoms with Crippen molar-refractivity contribution in [3.63, 3.8) is 0 Å². The van der Waals surface area contributed by atoms with Crippen molar-refractivity contribution in [3.05, 3.63) is 63.4 Å². The van der Waals surface area contributed by atoms with Crippen molar-refractivity contribution in [1.29, 1.82) is 0 Å². The fraction of sp³-hybridized carbons (Fsp3) is 0.250. The minimum absolute atomic E-state index is 0.166. The van der Waals surface area contributed by atoms with Crippen LogP contribution >= 0.6 is 23.2 Å². The quantitative estimate of drug-likeness (QED) is 0.821. The lowest BCUT2D eigenvalue weighted by molar-refractivity contribution is 0.286. The first kappa shape index (κ1) is 16.1. The highest BCUT2D eigenvalue weighted by Gasteiger charge is 2.11. The first-order valence-corrected chi connectivity index (χ1v) is 7.43. The molecule has 2 aromatic carbocycles. The standard InChI is InChI=1S/C16H16Cl2FNO/c1-2-20-9-11-5-4-8-14(19)16(11)21-10-12-6-3-7-13(17)15(12)18/h3-8,20H,2,9-10H2,1H3. The molecule has 21 heavy (non-hydrogen) atoms. The van der Waals surface area contributed by atoms with Crippen molar-refractivity contribution >= 4 is 23.2 Å². The predicted molar refractivity (Wildman–Crippen MR) is 84.6 cm³/mol. The van der Waals surface area contributed by atoms with Crippen LogP contribution in [0.2, 0.25) is 10.0 Å². The van der Waals surface area contributed by atoms with Crippen LogP contribution in [0, 0.1) is 5.82 Å². The minimum atomic E-state index is -0.386. The fourth-order valence-corrected chi connectivity index (χ4v) is 2.30. The molecule has 5 heteroatoms. The number of benzene rings is 2. The monoisotopic (exact) mass is 327 g/mol. The summed E-state index contributed by atoms with van der Waals surface area (Å²) in [5, 5.41) is 4.05. The molecule has 2 nitrogen and oxygen atoms in total. The van der Waals surface area contributed by atoms with Crippen molar-refractivity contribution in [1.82, 2.24) is 5.32 Å². The molecule has 0 aromatic heterocycles. The molecule has 112 valence electrons. The second kappa shape index (κ2) is 7.64. The molecule has 0 radical (unpaired) electrons. The molecule has 2 rings (SSSR count). The number of hydrogen-bond donors (Lipinski definition) is 1. The first-order valence-electron chi connectivity index (χ1n) is 6.67. The average Bonchev–Trinajstić information content (AvgIpc) is 2.48. The molecule has 0 bridgehead atoms. The van der Waals surface area contributed by atoms with E-state index < -0.39 is 0 Å². The van der Waals surface area contributed by atoms with Gasteiger partial charge in [0.25, 0.3) is 0 Å². The Morgan fingerprint density at radius 2 is 1.81 bits per heavy atom. The van der Waals surface area contributed by atoms with Gasteiger partial charge in [-0.2, -0.15) is 0 Å². The molecule has 0 saturated carbocycles. The van der Waals surface area contributed by atoms with Gasteiger partial charge in [0.2, 0.25) is 0 Å². The van der Waals surface area contributed by atoms with Crippen molar-refractivity contribution < 1.29 is 9.13 Å². The molecule has 0 heterocycles. The van der Waals surface area contributed by atoms with E-state index in [0.29, 0.717) is 16.6 Å². The highest BCUT2D eigenvalue weighted by molar-refractivity contribution is 6.42. The van der Waals surface area contributed by atoms with E-state index in [9.17, 15) is 4.39 Å². The number of ether oxygens (including phenoxy) is 1. The van der Waals surface area contributed by atoms with Crippen LogP contribution in [0.3, 0.4) is 0 Å². The Kier molecular flexibility index (Phi) is 5.85. The van der Waals surface area contributed by atoms with Gasteiger partial charge >= 0.3 is 0 Å². The van der Waals surface area contributed by atoms with Gasteiger partial charge in [-0.3, -0.25) is 0 Å². The third-order valence-corrected chi connectivity index (χ3v) is 3.88. The topological polar surface area (TPSA) is 21.3 Å². The zero-order valence-corrected chi connectivity index (χ0v) is 13.1. The Morgan fingerprint density at radius 3 is 2.57 bits per heavy atom. The average molecular weight is 328 g/mol. The summed E-state index contributed by atoms with van der Waals surface area (Å²) in [6, 6.07) is 10.2. The minimum Gasteiger partial charge on any atom is -0.485 e. The Morgan fingerprint density at radius 1 is 1.10 bits per heavy atom. The van der Waals surface area contributed by atoms with Gasteiger partial charge in [0.15, 0.2) is 11.6 Å². The van der Waals surface area contributed by atoms with Crippen molar-refractivity contribution in [2.24, 2.45) is 0 Å². The normalized spacial score (nSPS) is 10.7. The van der Waals surface area contributed by atoms with E-state index in [0.717, 1.165) is 17.7 Å². The Bertz CT molecular complexity index is 619. The maximum Gasteiger partial charge on any atom is 0.165 e. The van der Waals surface area contributed by atoms with Crippen LogP contribution in [0.25, 0.3) is 0 Å². The van der Waals surface area contributed by atoms with E-state index in [1.807, 2.05) is 13.0 Å². The summed E-state index contributed by atoms with van der Waals surface area (Å²) >= 11 is 12.1. The van der Waals surface area contributed by atoms with E-state index >= 15 is 0 Å². The van der Waals surface area contributed by atoms with Gasteiger partial charge in [-0.05, 0) is 18.7 Å². The molecule has 0 spiro atoms. The van der Waals surface area contributed by atoms with Gasteiger partial charge in [0, 0.05) is 17.7 Å². The highest BCUT2D eigenvalue weighted by atomic mass is 35.5. The summed E-state index contributed by atoms with van der Waals surface area (Å²) in [4.78, 5) is 0. The second-order valence-electron chi connectivity index (χ2n) is 4.51. The molecule has 0 saturated heterocycles. The lowest BCUT2D eigenvalue weighted by Crippen LogP contribution is -2.13. The third kappa shape index (κ3) is 4.10. The molecule has 0 fully saturated rings. The largest absolute Gasteiger partial charge is 0.485 e. The second-order valence-corrected chi connectivity index (χ2v) is 5.30. The lowest BCUT2D eigenvalue weighted by Gasteiger charge is -2.13. The predicted octanol–water partition coefficient (Wildman–Crippen LogP) is 4.82. The first-order chi connectivity index (χ1) is 10.1. The summed E-state index contributed by atoms with van der Waals surface area (Å²) in [6.07, 6.45) is 0. The maximum atomic E-state index is 13.9. The zero-order chi connectivity index (χ0) is 15.2. The van der Waals surface area contributed by atoms with Gasteiger partial charge in [0.1, 0.15) is 6.61 Å². The molecular formula is C16H16Cl2FNO. The molecule has 2 aromatic rings. The summed E-state index contributed by atoms with van der Waals surface area (Å²) < 4.78 is 19.6. The molecular weight excluding hydrogens is 312 g/mol. The van der Waals surface area contributed by atoms with Crippen LogP contribution in [0.5, 0.6) is 5.75 Å². The van der Waals surface area contributed by atoms with Crippen molar-refractivity contribution in [3.8, 4) is 5.75 Å². The van der Waals surface area contributed by atoms with Crippen LogP contribution in [0.1, 0.15) is 18.1 Å². The smallest absolute Gasteiger partial charge is 0.165 e. The summed E-state index contributed by atoms with van der Waals surface area (Å²) in [5.41, 5.74) is 1.50. The maximum absolute atomic E-state index is 13.9. The number of hydrogen-bond acceptors (Lipinski definition) is 2. The van der Waals surface area contributed by atoms with Crippen LogP contribution in [-0.2, 0) is 13.2 Å². The van der Waals surface area contributed by atoms with Crippen LogP contribution in [0.15, 0.2) is 36.4 Å². The molecule has 0 aliphatic heterocycles. The number of para-hydroxylation sites is 1. The van der Waals surface area contributed by atoms with E-state index in [1.54, 1.807) is 24.3 Å². The van der Waals surface area contributed by atoms with E-state index in [4.69, 9.17) is 27.9 Å². The van der Waals surface area contributed by atoms with Crippen LogP contribution < -0.4 is 10.1 Å². The van der Waals surface area contributed by atoms with E-state index in [2.05, 4.69) is 5.32 Å². The molecule has 1 N–H and O–H groups in total. The zero-order valence-electron chi connectivity index (χ0n) is 11.6. The molecule has 0 aliphatic rings. The van der Waals surface area contributed by atoms with Crippen molar-refractivity contribution in [2.45, 2.75) is 20.1 Å². The molecule has 0 unspecified atom stereocenters. The molecule has 0 aliphatic carbocycles. The summed E-state index contributed by atoms with van der Waals surface area (Å²) in [7, 11) is 0. The van der Waals surface area contributed by atoms with Gasteiger partial charge in [-0.25, -0.2) is 4.39 Å². The SMILES string of the molecule is CCNCc1cccc(F)c1OCc1cccc(Cl)c1Cl. The number of nitrogens with one attached hydrogen (secondary N) is 1. The molecule has 0 amide bonds. The van der Waals surface area contributed by atoms with Gasteiger partial charge in [0.05, 0.1) is 10.0 Å². The summed E-state index contributed by atoms with van der Waals surface area (Å²) in [6.45, 7) is 3.51. The van der Waals surface area contributed by atoms with Gasteiger partial charge < -0.3 is 10.1 Å². The fourth-order valence-electron chi connectivity index (χ4n) is 1.92. The Balaban J connectivity index is 2.17. The molecule has 0 atom stereocenters. The third-order valence-electron chi connectivity index (χ3n) is 3.02. The van der Waals surface area contributed by atoms with Gasteiger partial charge in [-0.15, -0.1) is 0 Å². The Labute approximate surface area is 133 Å². The van der Waals surface area contributed by atoms with E-state index in [-0.39, 0.29) is 18.2 Å². The number of rotatable bonds is 6. The van der Waals surface area contributed by atoms with Gasteiger partial charge in [-0.1, -0.05) is 54.4 Å². The van der Waals surface area contributed by atoms with Crippen molar-refractivity contribution in [2.75, 3.05) is 6.54 Å².